The van der Waals surface area contributed by atoms with E-state index in [0.717, 1.165) is 24.5 Å². The fraction of sp³-hybridized carbons (Fsp3) is 0.500. The molecular formula is C12H20N2O. The summed E-state index contributed by atoms with van der Waals surface area (Å²) in [6.07, 6.45) is 0. The minimum Gasteiger partial charge on any atom is -0.494 e. The first kappa shape index (κ1) is 11.9. The summed E-state index contributed by atoms with van der Waals surface area (Å²) in [6, 6.07) is 8.02. The molecule has 3 nitrogen and oxygen atoms in total. The van der Waals surface area contributed by atoms with Crippen LogP contribution in [0.2, 0.25) is 0 Å². The monoisotopic (exact) mass is 208 g/mol. The molecule has 1 aromatic carbocycles. The molecule has 0 bridgehead atoms. The largest absolute Gasteiger partial charge is 0.494 e. The predicted octanol–water partition coefficient (Wildman–Crippen LogP) is 2.75. The van der Waals surface area contributed by atoms with Crippen molar-refractivity contribution in [1.82, 2.24) is 5.01 Å². The van der Waals surface area contributed by atoms with Gasteiger partial charge in [-0.25, -0.2) is 5.01 Å². The second kappa shape index (κ2) is 6.30. The fourth-order valence-corrected chi connectivity index (χ4v) is 1.39. The van der Waals surface area contributed by atoms with Crippen molar-refractivity contribution in [2.75, 3.05) is 25.1 Å². The summed E-state index contributed by atoms with van der Waals surface area (Å²) in [5, 5.41) is 2.14. The third-order valence-corrected chi connectivity index (χ3v) is 2.20. The number of anilines is 1. The van der Waals surface area contributed by atoms with Gasteiger partial charge in [-0.2, -0.15) is 0 Å². The Hall–Kier alpha value is -1.22. The van der Waals surface area contributed by atoms with Crippen LogP contribution in [-0.2, 0) is 0 Å². The summed E-state index contributed by atoms with van der Waals surface area (Å²) in [7, 11) is 0. The minimum absolute atomic E-state index is 0.703. The molecule has 84 valence electrons. The Morgan fingerprint density at radius 3 is 2.53 bits per heavy atom. The molecule has 1 rings (SSSR count). The number of rotatable bonds is 6. The van der Waals surface area contributed by atoms with Gasteiger partial charge in [-0.3, -0.25) is 0 Å². The zero-order valence-electron chi connectivity index (χ0n) is 9.79. The van der Waals surface area contributed by atoms with Gasteiger partial charge in [0.15, 0.2) is 0 Å². The Kier molecular flexibility index (Phi) is 4.98. The molecule has 0 aromatic heterocycles. The Morgan fingerprint density at radius 1 is 1.20 bits per heavy atom. The lowest BCUT2D eigenvalue weighted by Crippen LogP contribution is -2.29. The highest BCUT2D eigenvalue weighted by Gasteiger charge is 2.00. The van der Waals surface area contributed by atoms with Crippen LogP contribution in [0.3, 0.4) is 0 Å². The van der Waals surface area contributed by atoms with Crippen molar-refractivity contribution in [3.8, 4) is 5.75 Å². The molecule has 0 amide bonds. The maximum absolute atomic E-state index is 5.44. The molecule has 1 N–H and O–H groups in total. The fourth-order valence-electron chi connectivity index (χ4n) is 1.39. The van der Waals surface area contributed by atoms with Gasteiger partial charge < -0.3 is 10.2 Å². The zero-order chi connectivity index (χ0) is 11.1. The molecule has 0 saturated heterocycles. The van der Waals surface area contributed by atoms with Gasteiger partial charge in [-0.1, -0.05) is 19.9 Å². The van der Waals surface area contributed by atoms with Crippen molar-refractivity contribution in [2.24, 2.45) is 0 Å². The van der Waals surface area contributed by atoms with E-state index in [0.29, 0.717) is 6.61 Å². The van der Waals surface area contributed by atoms with Gasteiger partial charge in [0, 0.05) is 19.2 Å². The average Bonchev–Trinajstić information content (AvgIpc) is 2.27. The molecule has 15 heavy (non-hydrogen) atoms. The molecule has 0 aliphatic carbocycles. The van der Waals surface area contributed by atoms with Crippen molar-refractivity contribution in [3.63, 3.8) is 0 Å². The van der Waals surface area contributed by atoms with Gasteiger partial charge in [0.05, 0.1) is 12.3 Å². The third-order valence-electron chi connectivity index (χ3n) is 2.20. The third kappa shape index (κ3) is 3.80. The van der Waals surface area contributed by atoms with Gasteiger partial charge >= 0.3 is 0 Å². The van der Waals surface area contributed by atoms with Gasteiger partial charge in [-0.05, 0) is 19.1 Å². The van der Waals surface area contributed by atoms with Crippen LogP contribution in [0.15, 0.2) is 24.3 Å². The quantitative estimate of drug-likeness (QED) is 0.727. The second-order valence-electron chi connectivity index (χ2n) is 3.24. The van der Waals surface area contributed by atoms with Crippen molar-refractivity contribution in [1.29, 1.82) is 0 Å². The molecule has 0 aliphatic rings. The van der Waals surface area contributed by atoms with Crippen LogP contribution in [0, 0.1) is 0 Å². The van der Waals surface area contributed by atoms with Crippen LogP contribution in [-0.4, -0.2) is 24.7 Å². The number of benzene rings is 1. The number of nitrogens with zero attached hydrogens (tertiary/aromatic N) is 1. The molecule has 0 aliphatic heterocycles. The summed E-state index contributed by atoms with van der Waals surface area (Å²) in [5.41, 5.74) is 4.40. The van der Waals surface area contributed by atoms with Crippen LogP contribution in [0.4, 0.5) is 5.69 Å². The summed E-state index contributed by atoms with van der Waals surface area (Å²) < 4.78 is 5.44. The zero-order valence-corrected chi connectivity index (χ0v) is 9.79. The van der Waals surface area contributed by atoms with Crippen LogP contribution >= 0.6 is 0 Å². The molecule has 0 spiro atoms. The molecular weight excluding hydrogens is 188 g/mol. The normalized spacial score (nSPS) is 10.4. The summed E-state index contributed by atoms with van der Waals surface area (Å²) in [4.78, 5) is 0. The Labute approximate surface area is 92.0 Å². The molecule has 0 radical (unpaired) electrons. The lowest BCUT2D eigenvalue weighted by Gasteiger charge is -2.20. The smallest absolute Gasteiger partial charge is 0.121 e. The Bertz CT molecular complexity index is 285. The summed E-state index contributed by atoms with van der Waals surface area (Å²) in [6.45, 7) is 8.91. The SMILES string of the molecule is CCOc1cccc(NN(CC)CC)c1. The van der Waals surface area contributed by atoms with Crippen molar-refractivity contribution in [2.45, 2.75) is 20.8 Å². The van der Waals surface area contributed by atoms with Crippen LogP contribution in [0.25, 0.3) is 0 Å². The van der Waals surface area contributed by atoms with E-state index in [9.17, 15) is 0 Å². The van der Waals surface area contributed by atoms with Crippen LogP contribution in [0.1, 0.15) is 20.8 Å². The standard InChI is InChI=1S/C12H20N2O/c1-4-14(5-2)13-11-8-7-9-12(10-11)15-6-3/h7-10,13H,4-6H2,1-3H3. The second-order valence-corrected chi connectivity index (χ2v) is 3.24. The van der Waals surface area contributed by atoms with Gasteiger partial charge in [0.2, 0.25) is 0 Å². The van der Waals surface area contributed by atoms with Gasteiger partial charge in [0.1, 0.15) is 5.75 Å². The summed E-state index contributed by atoms with van der Waals surface area (Å²) in [5.74, 6) is 0.912. The van der Waals surface area contributed by atoms with E-state index in [1.807, 2.05) is 31.2 Å². The first-order valence-corrected chi connectivity index (χ1v) is 5.54. The topological polar surface area (TPSA) is 24.5 Å². The number of hydrogen-bond acceptors (Lipinski definition) is 3. The number of nitrogens with one attached hydrogen (secondary N) is 1. The number of hydrogen-bond donors (Lipinski definition) is 1. The molecule has 0 fully saturated rings. The molecule has 0 heterocycles. The molecule has 0 saturated carbocycles. The average molecular weight is 208 g/mol. The summed E-state index contributed by atoms with van der Waals surface area (Å²) >= 11 is 0. The maximum Gasteiger partial charge on any atom is 0.121 e. The Balaban J connectivity index is 2.64. The first-order chi connectivity index (χ1) is 7.30. The highest BCUT2D eigenvalue weighted by atomic mass is 16.5. The highest BCUT2D eigenvalue weighted by Crippen LogP contribution is 2.17. The van der Waals surface area contributed by atoms with E-state index in [4.69, 9.17) is 4.74 Å². The van der Waals surface area contributed by atoms with E-state index < -0.39 is 0 Å². The number of ether oxygens (including phenoxy) is 1. The lowest BCUT2D eigenvalue weighted by molar-refractivity contribution is 0.339. The Morgan fingerprint density at radius 2 is 1.93 bits per heavy atom. The molecule has 0 unspecified atom stereocenters. The van der Waals surface area contributed by atoms with Crippen molar-refractivity contribution >= 4 is 5.69 Å². The van der Waals surface area contributed by atoms with Crippen molar-refractivity contribution in [3.05, 3.63) is 24.3 Å². The highest BCUT2D eigenvalue weighted by molar-refractivity contribution is 5.47. The van der Waals surface area contributed by atoms with Crippen LogP contribution < -0.4 is 10.2 Å². The van der Waals surface area contributed by atoms with Gasteiger partial charge in [-0.15, -0.1) is 0 Å². The molecule has 0 atom stereocenters. The molecule has 1 aromatic rings. The first-order valence-electron chi connectivity index (χ1n) is 5.54. The maximum atomic E-state index is 5.44. The minimum atomic E-state index is 0.703. The van der Waals surface area contributed by atoms with Crippen molar-refractivity contribution < 1.29 is 4.74 Å². The van der Waals surface area contributed by atoms with E-state index in [2.05, 4.69) is 24.3 Å². The predicted molar refractivity (Wildman–Crippen MR) is 64.2 cm³/mol. The molecule has 3 heteroatoms. The van der Waals surface area contributed by atoms with Crippen LogP contribution in [0.5, 0.6) is 5.75 Å². The van der Waals surface area contributed by atoms with Gasteiger partial charge in [0.25, 0.3) is 0 Å². The van der Waals surface area contributed by atoms with E-state index in [1.165, 1.54) is 0 Å². The van der Waals surface area contributed by atoms with E-state index >= 15 is 0 Å². The van der Waals surface area contributed by atoms with E-state index in [-0.39, 0.29) is 0 Å². The lowest BCUT2D eigenvalue weighted by atomic mass is 10.3. The number of hydrazine groups is 1. The van der Waals surface area contributed by atoms with E-state index in [1.54, 1.807) is 0 Å².